The molecule has 2 rings (SSSR count). The molecule has 76 valence electrons. The molecule has 0 amide bonds. The molecule has 3 N–H and O–H groups in total. The van der Waals surface area contributed by atoms with Crippen molar-refractivity contribution >= 4 is 29.4 Å². The molecular weight excluding hydrogens is 206 g/mol. The van der Waals surface area contributed by atoms with Crippen molar-refractivity contribution in [3.8, 4) is 0 Å². The Hall–Kier alpha value is -1.40. The first-order chi connectivity index (χ1) is 6.20. The van der Waals surface area contributed by atoms with Crippen LogP contribution < -0.4 is 5.73 Å². The first-order valence-corrected chi connectivity index (χ1v) is 3.81. The smallest absolute Gasteiger partial charge is 0.167 e. The van der Waals surface area contributed by atoms with Crippen LogP contribution in [0.25, 0.3) is 11.2 Å². The van der Waals surface area contributed by atoms with Gasteiger partial charge >= 0.3 is 0 Å². The number of hydrogen-bond acceptors (Lipinski definition) is 5. The van der Waals surface area contributed by atoms with Crippen LogP contribution in [0.3, 0.4) is 0 Å². The fourth-order valence-electron chi connectivity index (χ4n) is 1.14. The van der Waals surface area contributed by atoms with E-state index >= 15 is 0 Å². The summed E-state index contributed by atoms with van der Waals surface area (Å²) in [6.07, 6.45) is 2.16. The van der Waals surface area contributed by atoms with Crippen molar-refractivity contribution in [2.45, 2.75) is 13.2 Å². The van der Waals surface area contributed by atoms with Gasteiger partial charge in [-0.15, -0.1) is 12.4 Å². The van der Waals surface area contributed by atoms with Crippen molar-refractivity contribution in [3.05, 3.63) is 12.7 Å². The monoisotopic (exact) mass is 215 g/mol. The molecule has 14 heavy (non-hydrogen) atoms. The Morgan fingerprint density at radius 3 is 2.79 bits per heavy atom. The lowest BCUT2D eigenvalue weighted by atomic mass is 10.5. The van der Waals surface area contributed by atoms with E-state index in [1.807, 2.05) is 0 Å². The van der Waals surface area contributed by atoms with Crippen LogP contribution in [0.2, 0.25) is 0 Å². The predicted octanol–water partition coefficient (Wildman–Crippen LogP) is 0.341. The lowest BCUT2D eigenvalue weighted by Crippen LogP contribution is -2.03. The van der Waals surface area contributed by atoms with E-state index in [0.717, 1.165) is 0 Å². The van der Waals surface area contributed by atoms with Gasteiger partial charge in [-0.3, -0.25) is 4.57 Å². The van der Waals surface area contributed by atoms with Crippen molar-refractivity contribution in [3.63, 3.8) is 0 Å². The van der Waals surface area contributed by atoms with Crippen molar-refractivity contribution in [1.29, 1.82) is 0 Å². The zero-order valence-electron chi connectivity index (χ0n) is 7.45. The molecule has 0 saturated heterocycles. The zero-order chi connectivity index (χ0) is 9.42. The van der Waals surface area contributed by atoms with Crippen LogP contribution in [-0.4, -0.2) is 24.6 Å². The summed E-state index contributed by atoms with van der Waals surface area (Å²) in [5.74, 6) is 0.324. The molecule has 0 fully saturated rings. The molecule has 2 aromatic heterocycles. The van der Waals surface area contributed by atoms with Gasteiger partial charge in [0, 0.05) is 0 Å². The van der Waals surface area contributed by atoms with E-state index in [9.17, 15) is 5.11 Å². The number of nitrogens with two attached hydrogens (primary N) is 1. The van der Waals surface area contributed by atoms with Gasteiger partial charge in [0.1, 0.15) is 18.1 Å². The Balaban J connectivity index is 0.000000980. The predicted molar refractivity (Wildman–Crippen MR) is 53.9 cm³/mol. The standard InChI is InChI=1S/C7H9N5O.ClH/c1-4(13)12-3-11-5-6(8)9-2-10-7(5)12;/h2-4,13H,1H3,(H2,8,9,10);1H. The van der Waals surface area contributed by atoms with Crippen LogP contribution in [0.15, 0.2) is 12.7 Å². The highest BCUT2D eigenvalue weighted by molar-refractivity contribution is 5.85. The highest BCUT2D eigenvalue weighted by atomic mass is 35.5. The molecule has 0 spiro atoms. The lowest BCUT2D eigenvalue weighted by molar-refractivity contribution is 0.128. The summed E-state index contributed by atoms with van der Waals surface area (Å²) in [4.78, 5) is 11.8. The fourth-order valence-corrected chi connectivity index (χ4v) is 1.14. The quantitative estimate of drug-likeness (QED) is 0.716. The van der Waals surface area contributed by atoms with Crippen LogP contribution in [0.4, 0.5) is 5.82 Å². The second-order valence-electron chi connectivity index (χ2n) is 2.71. The molecule has 0 saturated carbocycles. The Kier molecular flexibility index (Phi) is 2.87. The maximum atomic E-state index is 9.32. The first kappa shape index (κ1) is 10.7. The SMILES string of the molecule is CC(O)n1cnc2c(N)ncnc21.Cl. The van der Waals surface area contributed by atoms with Crippen LogP contribution in [0, 0.1) is 0 Å². The van der Waals surface area contributed by atoms with Crippen molar-refractivity contribution < 1.29 is 5.11 Å². The molecule has 1 atom stereocenters. The summed E-state index contributed by atoms with van der Waals surface area (Å²) in [7, 11) is 0. The molecule has 2 aromatic rings. The summed E-state index contributed by atoms with van der Waals surface area (Å²) >= 11 is 0. The molecule has 7 heteroatoms. The van der Waals surface area contributed by atoms with Gasteiger partial charge in [0.2, 0.25) is 0 Å². The maximum Gasteiger partial charge on any atom is 0.167 e. The van der Waals surface area contributed by atoms with Crippen molar-refractivity contribution in [1.82, 2.24) is 19.5 Å². The molecular formula is C7H10ClN5O. The molecule has 6 nitrogen and oxygen atoms in total. The van der Waals surface area contributed by atoms with Crippen LogP contribution >= 0.6 is 12.4 Å². The molecule has 0 aliphatic rings. The lowest BCUT2D eigenvalue weighted by Gasteiger charge is -2.05. The fraction of sp³-hybridized carbons (Fsp3) is 0.286. The molecule has 2 heterocycles. The summed E-state index contributed by atoms with van der Waals surface area (Å²) in [6.45, 7) is 1.62. The average molecular weight is 216 g/mol. The normalized spacial score (nSPS) is 12.4. The third-order valence-corrected chi connectivity index (χ3v) is 1.79. The van der Waals surface area contributed by atoms with E-state index in [0.29, 0.717) is 17.0 Å². The molecule has 1 unspecified atom stereocenters. The number of aromatic nitrogens is 4. The molecule has 0 aromatic carbocycles. The van der Waals surface area contributed by atoms with E-state index in [4.69, 9.17) is 5.73 Å². The number of hydrogen-bond donors (Lipinski definition) is 2. The van der Waals surface area contributed by atoms with Gasteiger partial charge in [0.05, 0.1) is 6.33 Å². The Bertz CT molecular complexity index is 441. The highest BCUT2D eigenvalue weighted by Gasteiger charge is 2.09. The number of rotatable bonds is 1. The van der Waals surface area contributed by atoms with Crippen molar-refractivity contribution in [2.24, 2.45) is 0 Å². The molecule has 0 aliphatic heterocycles. The minimum absolute atomic E-state index is 0. The third kappa shape index (κ3) is 1.49. The number of aliphatic hydroxyl groups excluding tert-OH is 1. The number of nitrogen functional groups attached to an aromatic ring is 1. The minimum atomic E-state index is -0.667. The first-order valence-electron chi connectivity index (χ1n) is 3.81. The largest absolute Gasteiger partial charge is 0.382 e. The molecule has 0 aliphatic carbocycles. The van der Waals surface area contributed by atoms with Gasteiger partial charge in [-0.25, -0.2) is 15.0 Å². The van der Waals surface area contributed by atoms with Gasteiger partial charge in [-0.05, 0) is 6.92 Å². The van der Waals surface area contributed by atoms with Crippen molar-refractivity contribution in [2.75, 3.05) is 5.73 Å². The van der Waals surface area contributed by atoms with Crippen LogP contribution in [0.1, 0.15) is 13.2 Å². The summed E-state index contributed by atoms with van der Waals surface area (Å²) in [6, 6.07) is 0. The van der Waals surface area contributed by atoms with E-state index in [1.165, 1.54) is 17.2 Å². The Morgan fingerprint density at radius 1 is 1.43 bits per heavy atom. The number of imidazole rings is 1. The summed E-state index contributed by atoms with van der Waals surface area (Å²) < 4.78 is 1.52. The minimum Gasteiger partial charge on any atom is -0.382 e. The number of halogens is 1. The van der Waals surface area contributed by atoms with E-state index in [-0.39, 0.29) is 12.4 Å². The van der Waals surface area contributed by atoms with Crippen LogP contribution in [-0.2, 0) is 0 Å². The number of nitrogens with zero attached hydrogens (tertiary/aromatic N) is 4. The maximum absolute atomic E-state index is 9.32. The topological polar surface area (TPSA) is 89.8 Å². The zero-order valence-corrected chi connectivity index (χ0v) is 8.27. The van der Waals surface area contributed by atoms with Gasteiger partial charge in [0.25, 0.3) is 0 Å². The summed E-state index contributed by atoms with van der Waals surface area (Å²) in [5, 5.41) is 9.32. The van der Waals surface area contributed by atoms with Gasteiger partial charge < -0.3 is 10.8 Å². The van der Waals surface area contributed by atoms with Gasteiger partial charge in [0.15, 0.2) is 11.5 Å². The Morgan fingerprint density at radius 2 is 2.14 bits per heavy atom. The van der Waals surface area contributed by atoms with Gasteiger partial charge in [-0.2, -0.15) is 0 Å². The third-order valence-electron chi connectivity index (χ3n) is 1.79. The Labute approximate surface area is 86.2 Å². The second kappa shape index (κ2) is 3.77. The second-order valence-corrected chi connectivity index (χ2v) is 2.71. The number of aliphatic hydroxyl groups is 1. The number of fused-ring (bicyclic) bond motifs is 1. The highest BCUT2D eigenvalue weighted by Crippen LogP contribution is 2.16. The van der Waals surface area contributed by atoms with Crippen LogP contribution in [0.5, 0.6) is 0 Å². The average Bonchev–Trinajstić information content (AvgIpc) is 2.48. The summed E-state index contributed by atoms with van der Waals surface area (Å²) in [5.41, 5.74) is 6.62. The molecule has 0 radical (unpaired) electrons. The molecule has 0 bridgehead atoms. The van der Waals surface area contributed by atoms with E-state index in [1.54, 1.807) is 6.92 Å². The van der Waals surface area contributed by atoms with E-state index < -0.39 is 6.23 Å². The number of anilines is 1. The van der Waals surface area contributed by atoms with E-state index in [2.05, 4.69) is 15.0 Å². The van der Waals surface area contributed by atoms with Gasteiger partial charge in [-0.1, -0.05) is 0 Å².